The highest BCUT2D eigenvalue weighted by molar-refractivity contribution is 5.99. The third kappa shape index (κ3) is 34.5. The number of H-pyrrole nitrogens is 2. The minimum Gasteiger partial charge on any atom is -0.481 e. The molecular formula is C89H115N21O29. The van der Waals surface area contributed by atoms with E-state index in [0.29, 0.717) is 45.2 Å². The minimum atomic E-state index is -2.11. The second-order valence-corrected chi connectivity index (χ2v) is 33.9. The van der Waals surface area contributed by atoms with Gasteiger partial charge in [-0.1, -0.05) is 24.3 Å². The molecule has 0 saturated carbocycles. The summed E-state index contributed by atoms with van der Waals surface area (Å²) in [4.78, 5) is 291. The van der Waals surface area contributed by atoms with E-state index in [0.717, 1.165) is 11.0 Å². The number of carbonyl (C=O) groups is 20. The van der Waals surface area contributed by atoms with E-state index in [1.165, 1.54) is 51.3 Å². The number of benzene rings is 4. The Morgan fingerprint density at radius 3 is 1.08 bits per heavy atom. The SMILES string of the molecule is CN(Cc1nc2ccccc2[nH]1)C(=O)c1ccc2c(c1)CN(CCCNC(=O)CC[C@H](NC(=O)CC[C@H](NC(=O)[C@H](CCC(=O)O)NC(=O)[C@H](CCC(=O)O)NC(=O)CN1CCN(CC(=O)O)CCN(CC(=O)O)CCN(CC(=O)O)CC1)C(=O)N[C@@H](CCC(=O)NCCCN1Cc3cc(C(=O)N(C)Cc4nc5ccccc5[nH]4)ccc3N[C@@H](CC(=O)O)C1=O)C(=O)O)C(=O)O)C(=O)[C@H](CC(=O)O)N2. The average Bonchev–Trinajstić information content (AvgIpc) is 1.68. The number of aliphatic carboxylic acids is 9. The zero-order valence-corrected chi connectivity index (χ0v) is 76.3. The smallest absolute Gasteiger partial charge is 0.326 e. The monoisotopic (exact) mass is 1940 g/mol. The Morgan fingerprint density at radius 1 is 0.388 bits per heavy atom. The second-order valence-electron chi connectivity index (χ2n) is 33.9. The number of carboxylic acid groups (broad SMARTS) is 9. The third-order valence-corrected chi connectivity index (χ3v) is 23.1. The molecule has 0 spiro atoms. The summed E-state index contributed by atoms with van der Waals surface area (Å²) in [5.74, 6) is -21.7. The quantitative estimate of drug-likeness (QED) is 0.0184. The number of fused-ring (bicyclic) bond motifs is 4. The topological polar surface area (TPSA) is 715 Å². The van der Waals surface area contributed by atoms with Crippen molar-refractivity contribution in [3.8, 4) is 0 Å². The van der Waals surface area contributed by atoms with Crippen molar-refractivity contribution in [1.29, 1.82) is 0 Å². The number of nitrogens with one attached hydrogen (secondary N) is 11. The first-order valence-electron chi connectivity index (χ1n) is 44.8. The molecule has 0 aliphatic carbocycles. The molecule has 7 atom stereocenters. The molecule has 0 unspecified atom stereocenters. The van der Waals surface area contributed by atoms with E-state index in [1.807, 2.05) is 48.5 Å². The van der Waals surface area contributed by atoms with Gasteiger partial charge in [0.2, 0.25) is 53.2 Å². The summed E-state index contributed by atoms with van der Waals surface area (Å²) >= 11 is 0. The number of hydrogen-bond acceptors (Lipinski definition) is 28. The normalized spacial score (nSPS) is 16.2. The summed E-state index contributed by atoms with van der Waals surface area (Å²) in [6.07, 6.45) is -8.81. The molecule has 3 aliphatic heterocycles. The summed E-state index contributed by atoms with van der Waals surface area (Å²) in [7, 11) is 3.15. The Morgan fingerprint density at radius 2 is 0.719 bits per heavy atom. The molecule has 139 heavy (non-hydrogen) atoms. The molecule has 0 radical (unpaired) electrons. The number of para-hydroxylation sites is 4. The van der Waals surface area contributed by atoms with Crippen molar-refractivity contribution in [2.45, 2.75) is 158 Å². The highest BCUT2D eigenvalue weighted by Gasteiger charge is 2.38. The van der Waals surface area contributed by atoms with Gasteiger partial charge in [0.25, 0.3) is 11.8 Å². The Labute approximate surface area is 793 Å². The van der Waals surface area contributed by atoms with Gasteiger partial charge in [-0.2, -0.15) is 0 Å². The molecule has 3 aliphatic rings. The molecule has 50 nitrogen and oxygen atoms in total. The average molecular weight is 1940 g/mol. The van der Waals surface area contributed by atoms with Crippen LogP contribution < -0.4 is 47.9 Å². The van der Waals surface area contributed by atoms with Gasteiger partial charge in [0.1, 0.15) is 53.9 Å². The predicted molar refractivity (Wildman–Crippen MR) is 487 cm³/mol. The number of carboxylic acids is 9. The van der Waals surface area contributed by atoms with E-state index < -0.39 is 264 Å². The van der Waals surface area contributed by atoms with Crippen molar-refractivity contribution in [1.82, 2.24) is 96.4 Å². The lowest BCUT2D eigenvalue weighted by atomic mass is 10.0. The van der Waals surface area contributed by atoms with Gasteiger partial charge in [0.05, 0.1) is 74.2 Å². The molecule has 0 bridgehead atoms. The maximum absolute atomic E-state index is 14.7. The maximum Gasteiger partial charge on any atom is 0.326 e. The zero-order valence-electron chi connectivity index (χ0n) is 76.3. The number of amides is 11. The Bertz CT molecular complexity index is 5420. The number of rotatable bonds is 51. The zero-order chi connectivity index (χ0) is 101. The number of aromatic nitrogens is 4. The van der Waals surface area contributed by atoms with Crippen LogP contribution in [-0.2, 0) is 112 Å². The van der Waals surface area contributed by atoms with Gasteiger partial charge in [0, 0.05) is 160 Å². The molecule has 20 N–H and O–H groups in total. The minimum absolute atomic E-state index is 0.000787. The standard InChI is InChI=1S/C89H115N21O29/c1-103(45-68-94-57-9-3-4-10-58(57)95-68)84(132)51-13-15-55-53(39-51)43-109(86(134)66(92-55)41-76(119)120)29-7-27-90-70(111)22-18-64(88(136)137)99-72(113)24-17-62(100-82(130)63(21-26-75(117)118)101-81(129)61(20-25-74(115)116)98-73(114)47-105-31-33-106(48-78(123)124)35-37-108(50-80(127)128)38-36-107(34-32-105)49-79(125)126)83(131)102-65(89(138)139)19-23-71(112)91-28-8-30-110-44-54-40-52(14-16-56(54)93-67(87(110)135)42-77(121)122)85(133)104(2)46-69-96-59-11-5-6-12-60(59)97-69/h3-6,9-16,39-40,61-67,92-93H,7-8,17-38,41-50H2,1-2H3,(H,90,111)(H,91,112)(H,94,95)(H,96,97)(H,98,114)(H,99,113)(H,100,130)(H,101,129)(H,102,131)(H,115,116)(H,117,118)(H,119,120)(H,121,122)(H,123,124)(H,125,126)(H,127,128)(H,136,137)(H,138,139)/t61-,62-,63-,64-,65-,66-,67-/m0/s1. The number of aromatic amines is 2. The number of carbonyl (C=O) groups excluding carboxylic acids is 11. The van der Waals surface area contributed by atoms with Crippen LogP contribution in [0.5, 0.6) is 0 Å². The number of hydrogen-bond donors (Lipinski definition) is 20. The molecule has 5 heterocycles. The van der Waals surface area contributed by atoms with E-state index in [9.17, 15) is 142 Å². The van der Waals surface area contributed by atoms with Gasteiger partial charge in [0.15, 0.2) is 0 Å². The molecule has 9 rings (SSSR count). The molecular weight excluding hydrogens is 1830 g/mol. The van der Waals surface area contributed by atoms with Crippen LogP contribution >= 0.6 is 0 Å². The van der Waals surface area contributed by atoms with Crippen molar-refractivity contribution in [3.05, 3.63) is 119 Å². The molecule has 2 aromatic heterocycles. The predicted octanol–water partition coefficient (Wildman–Crippen LogP) is -1.97. The first-order valence-corrected chi connectivity index (χ1v) is 44.8. The van der Waals surface area contributed by atoms with Gasteiger partial charge in [-0.25, -0.2) is 19.6 Å². The van der Waals surface area contributed by atoms with Crippen molar-refractivity contribution in [3.63, 3.8) is 0 Å². The molecule has 750 valence electrons. The fourth-order valence-corrected chi connectivity index (χ4v) is 15.9. The van der Waals surface area contributed by atoms with Crippen LogP contribution in [0.4, 0.5) is 11.4 Å². The van der Waals surface area contributed by atoms with Crippen molar-refractivity contribution < 1.29 is 142 Å². The highest BCUT2D eigenvalue weighted by atomic mass is 16.4. The van der Waals surface area contributed by atoms with Gasteiger partial charge in [-0.15, -0.1) is 0 Å². The van der Waals surface area contributed by atoms with Gasteiger partial charge in [-0.3, -0.25) is 106 Å². The summed E-state index contributed by atoms with van der Waals surface area (Å²) in [6.45, 7) is -2.91. The van der Waals surface area contributed by atoms with Crippen LogP contribution in [0.3, 0.4) is 0 Å². The van der Waals surface area contributed by atoms with Gasteiger partial charge < -0.3 is 123 Å². The summed E-state index contributed by atoms with van der Waals surface area (Å²) in [6, 6.07) is 11.4. The second kappa shape index (κ2) is 52.1. The van der Waals surface area contributed by atoms with Crippen molar-refractivity contribution in [2.75, 3.05) is 129 Å². The van der Waals surface area contributed by atoms with Crippen molar-refractivity contribution in [2.24, 2.45) is 0 Å². The third-order valence-electron chi connectivity index (χ3n) is 23.1. The molecule has 1 saturated heterocycles. The van der Waals surface area contributed by atoms with Gasteiger partial charge >= 0.3 is 53.7 Å². The van der Waals surface area contributed by atoms with E-state index in [-0.39, 0.29) is 129 Å². The van der Waals surface area contributed by atoms with E-state index in [2.05, 4.69) is 67.8 Å². The van der Waals surface area contributed by atoms with Gasteiger partial charge in [-0.05, 0) is 117 Å². The van der Waals surface area contributed by atoms with Crippen LogP contribution in [0.15, 0.2) is 84.9 Å². The lowest BCUT2D eigenvalue weighted by molar-refractivity contribution is -0.143. The summed E-state index contributed by atoms with van der Waals surface area (Å²) in [5, 5.41) is 112. The number of nitrogens with zero attached hydrogens (tertiary/aromatic N) is 10. The Balaban J connectivity index is 0.862. The molecule has 4 aromatic carbocycles. The first-order chi connectivity index (χ1) is 66.1. The largest absolute Gasteiger partial charge is 0.481 e. The highest BCUT2D eigenvalue weighted by Crippen LogP contribution is 2.30. The van der Waals surface area contributed by atoms with Crippen LogP contribution in [0.1, 0.15) is 133 Å². The van der Waals surface area contributed by atoms with Crippen molar-refractivity contribution >= 4 is 152 Å². The Hall–Kier alpha value is -15.3. The first kappa shape index (κ1) is 107. The molecule has 50 heteroatoms. The molecule has 1 fully saturated rings. The molecule has 11 amide bonds. The number of imidazole rings is 2. The van der Waals surface area contributed by atoms with E-state index >= 15 is 0 Å². The lowest BCUT2D eigenvalue weighted by Crippen LogP contribution is -2.58. The fourth-order valence-electron chi connectivity index (χ4n) is 15.9. The summed E-state index contributed by atoms with van der Waals surface area (Å²) < 4.78 is 0. The van der Waals surface area contributed by atoms with Crippen LogP contribution in [0.25, 0.3) is 22.1 Å². The van der Waals surface area contributed by atoms with Crippen LogP contribution in [-0.4, -0.2) is 385 Å². The van der Waals surface area contributed by atoms with Crippen LogP contribution in [0.2, 0.25) is 0 Å². The maximum atomic E-state index is 14.7. The molecule has 6 aromatic rings. The lowest BCUT2D eigenvalue weighted by Gasteiger charge is -2.33. The fraction of sp³-hybridized carbons (Fsp3) is 0.483. The van der Waals surface area contributed by atoms with Crippen LogP contribution in [0, 0.1) is 0 Å². The van der Waals surface area contributed by atoms with E-state index in [4.69, 9.17) is 0 Å². The van der Waals surface area contributed by atoms with E-state index in [1.54, 1.807) is 38.4 Å². The summed E-state index contributed by atoms with van der Waals surface area (Å²) in [5.41, 5.74) is 5.06. The Kier molecular flexibility index (Phi) is 40.2. The number of anilines is 2.